The third-order valence-corrected chi connectivity index (χ3v) is 6.79. The number of pyridine rings is 1. The Morgan fingerprint density at radius 3 is 2.69 bits per heavy atom. The lowest BCUT2D eigenvalue weighted by molar-refractivity contribution is -0.122. The number of fused-ring (bicyclic) bond motifs is 1. The highest BCUT2D eigenvalue weighted by atomic mass is 19.3. The van der Waals surface area contributed by atoms with Crippen LogP contribution < -0.4 is 10.6 Å². The fourth-order valence-corrected chi connectivity index (χ4v) is 4.85. The number of nitrogens with zero attached hydrogens (tertiary/aromatic N) is 3. The summed E-state index contributed by atoms with van der Waals surface area (Å²) in [6, 6.07) is 2.81. The molecule has 2 fully saturated rings. The van der Waals surface area contributed by atoms with E-state index in [1.807, 2.05) is 0 Å². The molecule has 1 amide bonds. The van der Waals surface area contributed by atoms with Gasteiger partial charge in [0.15, 0.2) is 5.78 Å². The number of ketones is 1. The minimum absolute atomic E-state index is 0.0179. The first-order valence-electron chi connectivity index (χ1n) is 11.7. The zero-order chi connectivity index (χ0) is 24.6. The fourth-order valence-electron chi connectivity index (χ4n) is 4.85. The molecule has 0 spiro atoms. The quantitative estimate of drug-likeness (QED) is 0.361. The van der Waals surface area contributed by atoms with Crippen molar-refractivity contribution in [2.75, 3.05) is 11.9 Å². The van der Waals surface area contributed by atoms with E-state index in [0.717, 1.165) is 0 Å². The molecule has 1 saturated carbocycles. The number of anilines is 1. The van der Waals surface area contributed by atoms with Gasteiger partial charge in [-0.1, -0.05) is 0 Å². The van der Waals surface area contributed by atoms with Gasteiger partial charge >= 0.3 is 0 Å². The van der Waals surface area contributed by atoms with E-state index in [-0.39, 0.29) is 48.3 Å². The van der Waals surface area contributed by atoms with Crippen LogP contribution in [0.15, 0.2) is 24.7 Å². The molecule has 1 atom stereocenters. The summed E-state index contributed by atoms with van der Waals surface area (Å²) in [4.78, 5) is 40.3. The van der Waals surface area contributed by atoms with E-state index in [0.29, 0.717) is 54.8 Å². The summed E-state index contributed by atoms with van der Waals surface area (Å²) in [6.45, 7) is 0.538. The van der Waals surface area contributed by atoms with Gasteiger partial charge in [-0.25, -0.2) is 23.7 Å². The lowest BCUT2D eigenvalue weighted by atomic mass is 9.84. The van der Waals surface area contributed by atoms with Crippen molar-refractivity contribution in [3.63, 3.8) is 0 Å². The number of carbonyl (C=O) groups is 2. The summed E-state index contributed by atoms with van der Waals surface area (Å²) in [5.41, 5.74) is 0.836. The summed E-state index contributed by atoms with van der Waals surface area (Å²) in [5.74, 6) is -3.77. The van der Waals surface area contributed by atoms with Crippen molar-refractivity contribution in [2.24, 2.45) is 5.92 Å². The predicted molar refractivity (Wildman–Crippen MR) is 122 cm³/mol. The van der Waals surface area contributed by atoms with Crippen LogP contribution in [0.2, 0.25) is 0 Å². The number of nitrogens with one attached hydrogen (secondary N) is 3. The highest BCUT2D eigenvalue weighted by Gasteiger charge is 2.35. The number of halogens is 3. The zero-order valence-electron chi connectivity index (χ0n) is 18.9. The Labute approximate surface area is 199 Å². The van der Waals surface area contributed by atoms with Crippen LogP contribution in [0.3, 0.4) is 0 Å². The molecule has 0 bridgehead atoms. The van der Waals surface area contributed by atoms with Crippen molar-refractivity contribution in [3.05, 3.63) is 47.4 Å². The number of rotatable bonds is 6. The number of aromatic nitrogens is 4. The molecular formula is C24H25F3N6O2. The molecule has 35 heavy (non-hydrogen) atoms. The summed E-state index contributed by atoms with van der Waals surface area (Å²) in [7, 11) is 0. The second-order valence-electron chi connectivity index (χ2n) is 9.31. The van der Waals surface area contributed by atoms with Gasteiger partial charge in [0.1, 0.15) is 17.8 Å². The SMILES string of the molecule is O=C1CC(Nc2ncnc3[nH]cc(C(=O)c4ccc(CC5CCC(F)(F)CC5)nc4F)c23)CCN1. The number of H-pyrrole nitrogens is 1. The van der Waals surface area contributed by atoms with Crippen molar-refractivity contribution >= 4 is 28.5 Å². The first-order valence-corrected chi connectivity index (χ1v) is 11.7. The molecule has 3 aromatic rings. The Morgan fingerprint density at radius 1 is 1.14 bits per heavy atom. The monoisotopic (exact) mass is 486 g/mol. The van der Waals surface area contributed by atoms with Crippen molar-refractivity contribution in [3.8, 4) is 0 Å². The molecular weight excluding hydrogens is 461 g/mol. The van der Waals surface area contributed by atoms with E-state index in [1.165, 1.54) is 18.6 Å². The minimum Gasteiger partial charge on any atom is -0.366 e. The van der Waals surface area contributed by atoms with Gasteiger partial charge in [0.2, 0.25) is 17.8 Å². The third kappa shape index (κ3) is 4.98. The normalized spacial score (nSPS) is 20.5. The maximum Gasteiger partial charge on any atom is 0.248 e. The number of aromatic amines is 1. The van der Waals surface area contributed by atoms with Crippen molar-refractivity contribution in [1.29, 1.82) is 0 Å². The molecule has 5 rings (SSSR count). The van der Waals surface area contributed by atoms with Crippen molar-refractivity contribution in [2.45, 2.75) is 56.9 Å². The van der Waals surface area contributed by atoms with Crippen LogP contribution >= 0.6 is 0 Å². The number of amides is 1. The van der Waals surface area contributed by atoms with Gasteiger partial charge < -0.3 is 15.6 Å². The average molecular weight is 486 g/mol. The molecule has 3 aromatic heterocycles. The highest BCUT2D eigenvalue weighted by molar-refractivity contribution is 6.18. The van der Waals surface area contributed by atoms with Gasteiger partial charge in [-0.05, 0) is 43.7 Å². The minimum atomic E-state index is -2.62. The van der Waals surface area contributed by atoms with E-state index in [1.54, 1.807) is 6.07 Å². The molecule has 0 radical (unpaired) electrons. The number of hydrogen-bond donors (Lipinski definition) is 3. The molecule has 1 unspecified atom stereocenters. The molecule has 1 saturated heterocycles. The van der Waals surface area contributed by atoms with E-state index in [9.17, 15) is 22.8 Å². The maximum absolute atomic E-state index is 14.9. The van der Waals surface area contributed by atoms with E-state index in [2.05, 4.69) is 30.6 Å². The molecule has 1 aliphatic heterocycles. The lowest BCUT2D eigenvalue weighted by Crippen LogP contribution is -2.39. The van der Waals surface area contributed by atoms with Gasteiger partial charge in [-0.2, -0.15) is 4.39 Å². The van der Waals surface area contributed by atoms with E-state index in [4.69, 9.17) is 0 Å². The fraction of sp³-hybridized carbons (Fsp3) is 0.458. The topological polar surface area (TPSA) is 113 Å². The molecule has 184 valence electrons. The smallest absolute Gasteiger partial charge is 0.248 e. The summed E-state index contributed by atoms with van der Waals surface area (Å²) >= 11 is 0. The summed E-state index contributed by atoms with van der Waals surface area (Å²) in [5, 5.41) is 6.39. The summed E-state index contributed by atoms with van der Waals surface area (Å²) in [6.07, 6.45) is 4.57. The molecule has 3 N–H and O–H groups in total. The number of hydrogen-bond acceptors (Lipinski definition) is 6. The first kappa shape index (κ1) is 23.3. The Hall–Kier alpha value is -3.50. The molecule has 11 heteroatoms. The van der Waals surface area contributed by atoms with Crippen LogP contribution in [0.4, 0.5) is 19.0 Å². The second kappa shape index (κ2) is 9.27. The third-order valence-electron chi connectivity index (χ3n) is 6.79. The Bertz CT molecular complexity index is 1270. The molecule has 4 heterocycles. The standard InChI is InChI=1S/C24H25F3N6O2/c25-21-16(2-1-14(32-21)9-13-3-6-24(26,27)7-4-13)20(35)17-11-29-22-19(17)23(31-12-30-22)33-15-5-8-28-18(34)10-15/h1-2,11-13,15H,3-10H2,(H,28,34)(H2,29,30,31,33). The zero-order valence-corrected chi connectivity index (χ0v) is 18.9. The van der Waals surface area contributed by atoms with Crippen molar-refractivity contribution in [1.82, 2.24) is 25.3 Å². The van der Waals surface area contributed by atoms with Gasteiger partial charge in [-0.3, -0.25) is 9.59 Å². The second-order valence-corrected chi connectivity index (χ2v) is 9.31. The predicted octanol–water partition coefficient (Wildman–Crippen LogP) is 3.78. The first-order chi connectivity index (χ1) is 16.8. The maximum atomic E-state index is 14.9. The van der Waals surface area contributed by atoms with Crippen LogP contribution in [0.25, 0.3) is 11.0 Å². The van der Waals surface area contributed by atoms with E-state index >= 15 is 0 Å². The van der Waals surface area contributed by atoms with E-state index < -0.39 is 17.7 Å². The molecule has 1 aliphatic carbocycles. The lowest BCUT2D eigenvalue weighted by Gasteiger charge is -2.28. The molecule has 0 aromatic carbocycles. The number of carbonyl (C=O) groups excluding carboxylic acids is 2. The average Bonchev–Trinajstić information content (AvgIpc) is 3.26. The Balaban J connectivity index is 1.37. The van der Waals surface area contributed by atoms with Crippen LogP contribution in [-0.2, 0) is 11.2 Å². The van der Waals surface area contributed by atoms with Crippen LogP contribution in [0.1, 0.15) is 60.1 Å². The molecule has 2 aliphatic rings. The molecule has 8 nitrogen and oxygen atoms in total. The van der Waals surface area contributed by atoms with Crippen molar-refractivity contribution < 1.29 is 22.8 Å². The van der Waals surface area contributed by atoms with Crippen LogP contribution in [0.5, 0.6) is 0 Å². The van der Waals surface area contributed by atoms with Crippen LogP contribution in [-0.4, -0.2) is 50.1 Å². The largest absolute Gasteiger partial charge is 0.366 e. The number of piperidine rings is 1. The highest BCUT2D eigenvalue weighted by Crippen LogP contribution is 2.37. The van der Waals surface area contributed by atoms with Gasteiger partial charge in [0.05, 0.1) is 16.5 Å². The Kier molecular flexibility index (Phi) is 6.16. The van der Waals surface area contributed by atoms with Gasteiger partial charge in [0.25, 0.3) is 0 Å². The van der Waals surface area contributed by atoms with Gasteiger partial charge in [0, 0.05) is 43.7 Å². The van der Waals surface area contributed by atoms with Gasteiger partial charge in [-0.15, -0.1) is 0 Å². The Morgan fingerprint density at radius 2 is 1.94 bits per heavy atom. The van der Waals surface area contributed by atoms with Crippen LogP contribution in [0, 0.1) is 11.9 Å². The number of alkyl halides is 2. The summed E-state index contributed by atoms with van der Waals surface area (Å²) < 4.78 is 41.7.